The van der Waals surface area contributed by atoms with E-state index in [-0.39, 0.29) is 10.8 Å². The quantitative estimate of drug-likeness (QED) is 0.621. The zero-order valence-electron chi connectivity index (χ0n) is 16.0. The van der Waals surface area contributed by atoms with Gasteiger partial charge in [0.05, 0.1) is 11.4 Å². The minimum atomic E-state index is 0.114. The third kappa shape index (κ3) is 2.79. The fourth-order valence-corrected chi connectivity index (χ4v) is 3.09. The number of anilines is 2. The van der Waals surface area contributed by atoms with Gasteiger partial charge in [0.2, 0.25) is 0 Å². The summed E-state index contributed by atoms with van der Waals surface area (Å²) in [6.45, 7) is 13.5. The number of ether oxygens (including phenoxy) is 1. The topological polar surface area (TPSA) is 12.5 Å². The van der Waals surface area contributed by atoms with Crippen LogP contribution in [0.4, 0.5) is 11.4 Å². The van der Waals surface area contributed by atoms with E-state index in [1.807, 2.05) is 0 Å². The van der Waals surface area contributed by atoms with Crippen LogP contribution in [0.2, 0.25) is 0 Å². The molecule has 0 unspecified atom stereocenters. The molecular formula is C22H29NO. The lowest BCUT2D eigenvalue weighted by molar-refractivity contribution is 0.462. The average Bonchev–Trinajstić information content (AvgIpc) is 2.53. The molecule has 128 valence electrons. The summed E-state index contributed by atoms with van der Waals surface area (Å²) in [7, 11) is 2.11. The molecule has 0 aromatic heterocycles. The number of benzene rings is 2. The highest BCUT2D eigenvalue weighted by molar-refractivity contribution is 5.78. The minimum absolute atomic E-state index is 0.114. The van der Waals surface area contributed by atoms with Gasteiger partial charge in [-0.05, 0) is 52.6 Å². The summed E-state index contributed by atoms with van der Waals surface area (Å²) in [4.78, 5) is 2.23. The molecule has 0 amide bonds. The van der Waals surface area contributed by atoms with E-state index in [0.29, 0.717) is 0 Å². The van der Waals surface area contributed by atoms with E-state index in [2.05, 4.69) is 89.9 Å². The Bertz CT molecular complexity index is 768. The number of rotatable bonds is 2. The summed E-state index contributed by atoms with van der Waals surface area (Å²) in [6.07, 6.45) is 1.10. The van der Waals surface area contributed by atoms with Gasteiger partial charge in [-0.3, -0.25) is 0 Å². The highest BCUT2D eigenvalue weighted by Gasteiger charge is 2.26. The van der Waals surface area contributed by atoms with Gasteiger partial charge in [0, 0.05) is 7.05 Å². The van der Waals surface area contributed by atoms with E-state index >= 15 is 0 Å². The first-order chi connectivity index (χ1) is 11.1. The molecule has 0 bridgehead atoms. The van der Waals surface area contributed by atoms with E-state index < -0.39 is 0 Å². The molecule has 0 atom stereocenters. The highest BCUT2D eigenvalue weighted by atomic mass is 16.5. The van der Waals surface area contributed by atoms with Crippen LogP contribution in [-0.4, -0.2) is 7.05 Å². The number of nitrogens with zero attached hydrogens (tertiary/aromatic N) is 1. The van der Waals surface area contributed by atoms with Crippen LogP contribution in [0.3, 0.4) is 0 Å². The molecule has 0 saturated heterocycles. The largest absolute Gasteiger partial charge is 0.453 e. The molecule has 0 saturated carbocycles. The van der Waals surface area contributed by atoms with Gasteiger partial charge in [0.1, 0.15) is 0 Å². The smallest absolute Gasteiger partial charge is 0.151 e. The maximum Gasteiger partial charge on any atom is 0.151 e. The van der Waals surface area contributed by atoms with Crippen LogP contribution in [-0.2, 0) is 10.8 Å². The van der Waals surface area contributed by atoms with Crippen LogP contribution in [0, 0.1) is 0 Å². The molecule has 0 N–H and O–H groups in total. The van der Waals surface area contributed by atoms with Crippen LogP contribution in [0.15, 0.2) is 36.4 Å². The van der Waals surface area contributed by atoms with Crippen LogP contribution in [0.5, 0.6) is 11.5 Å². The van der Waals surface area contributed by atoms with E-state index in [4.69, 9.17) is 4.74 Å². The molecule has 0 radical (unpaired) electrons. The Balaban J connectivity index is 2.06. The Morgan fingerprint density at radius 1 is 0.833 bits per heavy atom. The van der Waals surface area contributed by atoms with Crippen molar-refractivity contribution in [1.82, 2.24) is 0 Å². The SMILES string of the molecule is CCC(C)(C)c1ccc2c(c1)Oc1cc(C(C)(C)C)ccc1N2C. The summed E-state index contributed by atoms with van der Waals surface area (Å²) < 4.78 is 6.32. The van der Waals surface area contributed by atoms with E-state index in [0.717, 1.165) is 29.3 Å². The molecule has 0 fully saturated rings. The summed E-state index contributed by atoms with van der Waals surface area (Å²) >= 11 is 0. The van der Waals surface area contributed by atoms with Crippen molar-refractivity contribution in [3.05, 3.63) is 47.5 Å². The molecule has 3 rings (SSSR count). The molecule has 2 heteroatoms. The van der Waals surface area contributed by atoms with Crippen molar-refractivity contribution in [1.29, 1.82) is 0 Å². The fourth-order valence-electron chi connectivity index (χ4n) is 3.09. The summed E-state index contributed by atoms with van der Waals surface area (Å²) in [5.41, 5.74) is 5.14. The summed E-state index contributed by atoms with van der Waals surface area (Å²) in [6, 6.07) is 13.2. The lowest BCUT2D eigenvalue weighted by Gasteiger charge is -2.33. The van der Waals surface area contributed by atoms with Crippen LogP contribution >= 0.6 is 0 Å². The predicted molar refractivity (Wildman–Crippen MR) is 103 cm³/mol. The van der Waals surface area contributed by atoms with E-state index in [1.165, 1.54) is 11.1 Å². The summed E-state index contributed by atoms with van der Waals surface area (Å²) in [5.74, 6) is 1.90. The maximum atomic E-state index is 6.32. The lowest BCUT2D eigenvalue weighted by atomic mass is 9.82. The van der Waals surface area contributed by atoms with Crippen molar-refractivity contribution in [2.24, 2.45) is 0 Å². The van der Waals surface area contributed by atoms with Gasteiger partial charge < -0.3 is 9.64 Å². The standard InChI is InChI=1S/C22H29NO/c1-8-22(5,6)16-10-12-18-20(14-16)24-19-13-15(21(2,3)4)9-11-17(19)23(18)7/h9-14H,8H2,1-7H3. The lowest BCUT2D eigenvalue weighted by Crippen LogP contribution is -2.20. The molecule has 1 aliphatic heterocycles. The fraction of sp³-hybridized carbons (Fsp3) is 0.455. The first kappa shape index (κ1) is 16.9. The second kappa shape index (κ2) is 5.54. The van der Waals surface area contributed by atoms with Gasteiger partial charge in [-0.15, -0.1) is 0 Å². The molecule has 2 aromatic carbocycles. The molecule has 0 spiro atoms. The van der Waals surface area contributed by atoms with E-state index in [1.54, 1.807) is 0 Å². The van der Waals surface area contributed by atoms with Crippen molar-refractivity contribution in [2.45, 2.75) is 58.8 Å². The Kier molecular flexibility index (Phi) is 3.90. The summed E-state index contributed by atoms with van der Waals surface area (Å²) in [5, 5.41) is 0. The number of hydrogen-bond donors (Lipinski definition) is 0. The van der Waals surface area contributed by atoms with Crippen molar-refractivity contribution < 1.29 is 4.74 Å². The van der Waals surface area contributed by atoms with E-state index in [9.17, 15) is 0 Å². The minimum Gasteiger partial charge on any atom is -0.453 e. The zero-order chi connectivity index (χ0) is 17.7. The number of fused-ring (bicyclic) bond motifs is 2. The number of hydrogen-bond acceptors (Lipinski definition) is 2. The molecule has 2 aromatic rings. The molecule has 0 aliphatic carbocycles. The van der Waals surface area contributed by atoms with Crippen molar-refractivity contribution in [2.75, 3.05) is 11.9 Å². The van der Waals surface area contributed by atoms with Gasteiger partial charge in [-0.2, -0.15) is 0 Å². The first-order valence-electron chi connectivity index (χ1n) is 8.84. The Labute approximate surface area is 146 Å². The molecule has 2 nitrogen and oxygen atoms in total. The predicted octanol–water partition coefficient (Wildman–Crippen LogP) is 6.55. The highest BCUT2D eigenvalue weighted by Crippen LogP contribution is 2.48. The molecular weight excluding hydrogens is 294 g/mol. The Hall–Kier alpha value is -1.96. The Morgan fingerprint density at radius 3 is 1.83 bits per heavy atom. The van der Waals surface area contributed by atoms with Gasteiger partial charge >= 0.3 is 0 Å². The van der Waals surface area contributed by atoms with Gasteiger partial charge in [-0.25, -0.2) is 0 Å². The van der Waals surface area contributed by atoms with Crippen LogP contribution in [0.25, 0.3) is 0 Å². The first-order valence-corrected chi connectivity index (χ1v) is 8.84. The third-order valence-electron chi connectivity index (χ3n) is 5.39. The van der Waals surface area contributed by atoms with Gasteiger partial charge in [0.15, 0.2) is 11.5 Å². The maximum absolute atomic E-state index is 6.32. The van der Waals surface area contributed by atoms with Crippen molar-refractivity contribution >= 4 is 11.4 Å². The average molecular weight is 323 g/mol. The monoisotopic (exact) mass is 323 g/mol. The third-order valence-corrected chi connectivity index (χ3v) is 5.39. The normalized spacial score (nSPS) is 14.0. The van der Waals surface area contributed by atoms with Crippen molar-refractivity contribution in [3.8, 4) is 11.5 Å². The van der Waals surface area contributed by atoms with Gasteiger partial charge in [-0.1, -0.05) is 53.7 Å². The second-order valence-electron chi connectivity index (χ2n) is 8.51. The van der Waals surface area contributed by atoms with Crippen LogP contribution in [0.1, 0.15) is 59.1 Å². The van der Waals surface area contributed by atoms with Crippen LogP contribution < -0.4 is 9.64 Å². The molecule has 1 heterocycles. The zero-order valence-corrected chi connectivity index (χ0v) is 16.0. The van der Waals surface area contributed by atoms with Crippen molar-refractivity contribution in [3.63, 3.8) is 0 Å². The molecule has 1 aliphatic rings. The Morgan fingerprint density at radius 2 is 1.33 bits per heavy atom. The molecule has 24 heavy (non-hydrogen) atoms. The van der Waals surface area contributed by atoms with Gasteiger partial charge in [0.25, 0.3) is 0 Å². The second-order valence-corrected chi connectivity index (χ2v) is 8.51.